The highest BCUT2D eigenvalue weighted by Gasteiger charge is 2.22. The minimum Gasteiger partial charge on any atom is -0.459 e. The van der Waals surface area contributed by atoms with Crippen molar-refractivity contribution in [1.82, 2.24) is 0 Å². The summed E-state index contributed by atoms with van der Waals surface area (Å²) in [5, 5.41) is 5.18. The molecule has 5 nitrogen and oxygen atoms in total. The molecule has 1 rings (SSSR count). The predicted octanol–water partition coefficient (Wildman–Crippen LogP) is 3.34. The van der Waals surface area contributed by atoms with Crippen LogP contribution in [0.15, 0.2) is 21.5 Å². The molecule has 0 bridgehead atoms. The zero-order valence-corrected chi connectivity index (χ0v) is 15.0. The molecule has 0 aliphatic heterocycles. The summed E-state index contributed by atoms with van der Waals surface area (Å²) in [6.07, 6.45) is 0.400. The number of hydrogen-bond acceptors (Lipinski definition) is 4. The molecule has 1 atom stereocenters. The molecule has 0 saturated heterocycles. The summed E-state index contributed by atoms with van der Waals surface area (Å²) in [4.78, 5) is 11.9. The second kappa shape index (κ2) is 7.09. The van der Waals surface area contributed by atoms with Gasteiger partial charge in [-0.3, -0.25) is 0 Å². The molecule has 0 heterocycles. The topological polar surface area (TPSA) is 86.5 Å². The molecule has 0 fully saturated rings. The molecular formula is C13H17BrClNO4S. The maximum Gasteiger partial charge on any atom is 0.339 e. The Kier molecular flexibility index (Phi) is 6.22. The number of hydrogen-bond donors (Lipinski definition) is 1. The number of rotatable bonds is 5. The summed E-state index contributed by atoms with van der Waals surface area (Å²) in [6.45, 7) is 5.79. The molecule has 0 aliphatic rings. The molecule has 2 N–H and O–H groups in total. The summed E-state index contributed by atoms with van der Waals surface area (Å²) < 4.78 is 28.4. The Morgan fingerprint density at radius 1 is 1.38 bits per heavy atom. The Labute approximate surface area is 138 Å². The monoisotopic (exact) mass is 397 g/mol. The third kappa shape index (κ3) is 5.25. The summed E-state index contributed by atoms with van der Waals surface area (Å²) in [5.74, 6) is -0.307. The van der Waals surface area contributed by atoms with Crippen LogP contribution < -0.4 is 5.14 Å². The Morgan fingerprint density at radius 3 is 2.43 bits per heavy atom. The molecular weight excluding hydrogens is 382 g/mol. The fourth-order valence-corrected chi connectivity index (χ4v) is 3.87. The summed E-state index contributed by atoms with van der Waals surface area (Å²) in [6, 6.07) is 2.43. The zero-order chi connectivity index (χ0) is 16.4. The normalized spacial score (nSPS) is 13.3. The van der Waals surface area contributed by atoms with Crippen LogP contribution >= 0.6 is 27.5 Å². The molecule has 0 spiro atoms. The number of carbonyl (C=O) groups is 1. The second-order valence-electron chi connectivity index (χ2n) is 5.15. The maximum atomic E-state index is 12.1. The first-order chi connectivity index (χ1) is 9.52. The van der Waals surface area contributed by atoms with Gasteiger partial charge >= 0.3 is 5.97 Å². The summed E-state index contributed by atoms with van der Waals surface area (Å²) in [5.41, 5.74) is -0.0282. The fraction of sp³-hybridized carbons (Fsp3) is 0.462. The highest BCUT2D eigenvalue weighted by molar-refractivity contribution is 9.10. The lowest BCUT2D eigenvalue weighted by Gasteiger charge is -2.16. The number of benzene rings is 1. The average Bonchev–Trinajstić information content (AvgIpc) is 2.24. The van der Waals surface area contributed by atoms with E-state index in [4.69, 9.17) is 21.5 Å². The van der Waals surface area contributed by atoms with Crippen molar-refractivity contribution in [2.75, 3.05) is 0 Å². The van der Waals surface area contributed by atoms with E-state index in [1.165, 1.54) is 6.07 Å². The van der Waals surface area contributed by atoms with Crippen LogP contribution in [0.5, 0.6) is 0 Å². The highest BCUT2D eigenvalue weighted by Crippen LogP contribution is 2.29. The minimum atomic E-state index is -3.97. The van der Waals surface area contributed by atoms with Gasteiger partial charge in [-0.1, -0.05) is 25.4 Å². The van der Waals surface area contributed by atoms with E-state index in [0.717, 1.165) is 6.07 Å². The predicted molar refractivity (Wildman–Crippen MR) is 84.9 cm³/mol. The van der Waals surface area contributed by atoms with Crippen LogP contribution in [0.1, 0.15) is 37.6 Å². The lowest BCUT2D eigenvalue weighted by molar-refractivity contribution is 0.0299. The lowest BCUT2D eigenvalue weighted by Crippen LogP contribution is -2.19. The van der Waals surface area contributed by atoms with Crippen molar-refractivity contribution in [3.63, 3.8) is 0 Å². The maximum absolute atomic E-state index is 12.1. The number of sulfonamides is 1. The number of esters is 1. The van der Waals surface area contributed by atoms with E-state index in [2.05, 4.69) is 15.9 Å². The highest BCUT2D eigenvalue weighted by atomic mass is 79.9. The summed E-state index contributed by atoms with van der Waals surface area (Å²) >= 11 is 9.02. The number of ether oxygens (including phenoxy) is 1. The quantitative estimate of drug-likeness (QED) is 0.771. The van der Waals surface area contributed by atoms with E-state index in [-0.39, 0.29) is 26.1 Å². The summed E-state index contributed by atoms with van der Waals surface area (Å²) in [7, 11) is -3.97. The lowest BCUT2D eigenvalue weighted by atomic mass is 10.1. The van der Waals surface area contributed by atoms with Crippen LogP contribution in [0.4, 0.5) is 0 Å². The molecule has 1 aromatic carbocycles. The molecule has 8 heteroatoms. The van der Waals surface area contributed by atoms with E-state index in [9.17, 15) is 13.2 Å². The second-order valence-corrected chi connectivity index (χ2v) is 7.94. The Balaban J connectivity index is 3.10. The van der Waals surface area contributed by atoms with Crippen LogP contribution in [0.3, 0.4) is 0 Å². The van der Waals surface area contributed by atoms with Gasteiger partial charge in [-0.25, -0.2) is 18.4 Å². The third-order valence-electron chi connectivity index (χ3n) is 2.66. The number of primary sulfonamides is 1. The van der Waals surface area contributed by atoms with Gasteiger partial charge in [-0.15, -0.1) is 0 Å². The van der Waals surface area contributed by atoms with Crippen molar-refractivity contribution in [3.8, 4) is 0 Å². The molecule has 118 valence electrons. The average molecular weight is 399 g/mol. The third-order valence-corrected chi connectivity index (χ3v) is 4.84. The van der Waals surface area contributed by atoms with E-state index >= 15 is 0 Å². The van der Waals surface area contributed by atoms with E-state index < -0.39 is 16.0 Å². The zero-order valence-electron chi connectivity index (χ0n) is 11.9. The first-order valence-corrected chi connectivity index (χ1v) is 8.97. The molecule has 1 aromatic rings. The van der Waals surface area contributed by atoms with Gasteiger partial charge in [0.05, 0.1) is 21.6 Å². The first-order valence-electron chi connectivity index (χ1n) is 6.25. The number of nitrogens with two attached hydrogens (primary N) is 1. The van der Waals surface area contributed by atoms with Crippen molar-refractivity contribution >= 4 is 43.5 Å². The standard InChI is InChI=1S/C13H17BrClNO4S/c1-7(2)4-8(3)20-13(17)9-5-12(21(16,18)19)10(14)6-11(9)15/h5-8H,4H2,1-3H3,(H2,16,18,19). The van der Waals surface area contributed by atoms with Crippen molar-refractivity contribution in [2.45, 2.75) is 38.2 Å². The Morgan fingerprint density at radius 2 is 1.95 bits per heavy atom. The fourth-order valence-electron chi connectivity index (χ4n) is 1.86. The van der Waals surface area contributed by atoms with Gasteiger partial charge in [0.15, 0.2) is 0 Å². The van der Waals surface area contributed by atoms with E-state index in [0.29, 0.717) is 12.3 Å². The molecule has 0 aliphatic carbocycles. The van der Waals surface area contributed by atoms with Crippen LogP contribution in [0, 0.1) is 5.92 Å². The van der Waals surface area contributed by atoms with Crippen molar-refractivity contribution in [3.05, 3.63) is 27.2 Å². The minimum absolute atomic E-state index is 0.0282. The van der Waals surface area contributed by atoms with Crippen molar-refractivity contribution in [2.24, 2.45) is 11.1 Å². The van der Waals surface area contributed by atoms with Gasteiger partial charge in [-0.05, 0) is 47.3 Å². The largest absolute Gasteiger partial charge is 0.459 e. The van der Waals surface area contributed by atoms with E-state index in [1.807, 2.05) is 13.8 Å². The smallest absolute Gasteiger partial charge is 0.339 e. The van der Waals surface area contributed by atoms with Crippen LogP contribution in [0.25, 0.3) is 0 Å². The van der Waals surface area contributed by atoms with Gasteiger partial charge in [0.2, 0.25) is 10.0 Å². The van der Waals surface area contributed by atoms with Gasteiger partial charge in [0, 0.05) is 4.47 Å². The molecule has 0 radical (unpaired) electrons. The van der Waals surface area contributed by atoms with Crippen LogP contribution in [0.2, 0.25) is 5.02 Å². The van der Waals surface area contributed by atoms with E-state index in [1.54, 1.807) is 6.92 Å². The van der Waals surface area contributed by atoms with Crippen molar-refractivity contribution < 1.29 is 17.9 Å². The van der Waals surface area contributed by atoms with Gasteiger partial charge < -0.3 is 4.74 Å². The Bertz CT molecular complexity index is 646. The van der Waals surface area contributed by atoms with Crippen LogP contribution in [-0.2, 0) is 14.8 Å². The van der Waals surface area contributed by atoms with Gasteiger partial charge in [-0.2, -0.15) is 0 Å². The number of halogens is 2. The molecule has 0 aromatic heterocycles. The van der Waals surface area contributed by atoms with Crippen molar-refractivity contribution in [1.29, 1.82) is 0 Å². The molecule has 1 unspecified atom stereocenters. The molecule has 0 amide bonds. The first kappa shape index (κ1) is 18.4. The SMILES string of the molecule is CC(C)CC(C)OC(=O)c1cc(S(N)(=O)=O)c(Br)cc1Cl. The van der Waals surface area contributed by atoms with Gasteiger partial charge in [0.25, 0.3) is 0 Å². The molecule has 0 saturated carbocycles. The Hall–Kier alpha value is -0.630. The van der Waals surface area contributed by atoms with Crippen LogP contribution in [-0.4, -0.2) is 20.5 Å². The van der Waals surface area contributed by atoms with Gasteiger partial charge in [0.1, 0.15) is 0 Å². The molecule has 21 heavy (non-hydrogen) atoms. The number of carbonyl (C=O) groups excluding carboxylic acids is 1.